The molecule has 0 saturated heterocycles. The number of aromatic nitrogens is 1. The average Bonchev–Trinajstić information content (AvgIpc) is 2.95. The van der Waals surface area contributed by atoms with Gasteiger partial charge in [-0.15, -0.1) is 0 Å². The molecule has 1 aromatic heterocycles. The Morgan fingerprint density at radius 3 is 2.35 bits per heavy atom. The summed E-state index contributed by atoms with van der Waals surface area (Å²) in [5.74, 6) is -0.358. The van der Waals surface area contributed by atoms with Crippen molar-refractivity contribution in [2.45, 2.75) is 13.8 Å². The van der Waals surface area contributed by atoms with Crippen LogP contribution in [0.15, 0.2) is 6.20 Å². The summed E-state index contributed by atoms with van der Waals surface area (Å²) in [7, 11) is 1.36. The lowest BCUT2D eigenvalue weighted by Crippen LogP contribution is -2.31. The summed E-state index contributed by atoms with van der Waals surface area (Å²) in [4.78, 5) is 18.3. The molecule has 0 aliphatic heterocycles. The second-order valence-corrected chi connectivity index (χ2v) is 4.89. The second-order valence-electron chi connectivity index (χ2n) is 3.88. The fourth-order valence-corrected chi connectivity index (χ4v) is 2.43. The highest BCUT2D eigenvalue weighted by Crippen LogP contribution is 2.22. The van der Waals surface area contributed by atoms with E-state index in [4.69, 9.17) is 9.47 Å². The molecule has 0 N–H and O–H groups in total. The molecule has 0 radical (unpaired) electrons. The summed E-state index contributed by atoms with van der Waals surface area (Å²) in [6, 6.07) is 0. The molecule has 0 aliphatic rings. The number of nitrogens with zero attached hydrogens (tertiary/aromatic N) is 2. The second kappa shape index (κ2) is 9.68. The molecule has 6 nitrogen and oxygen atoms in total. The molecule has 0 amide bonds. The van der Waals surface area contributed by atoms with E-state index in [2.05, 4.69) is 14.6 Å². The Morgan fingerprint density at radius 2 is 1.85 bits per heavy atom. The molecule has 0 aliphatic carbocycles. The van der Waals surface area contributed by atoms with E-state index in [1.807, 2.05) is 13.8 Å². The lowest BCUT2D eigenvalue weighted by atomic mass is 10.5. The number of esters is 1. The number of thiazole rings is 1. The van der Waals surface area contributed by atoms with Gasteiger partial charge in [0.1, 0.15) is 4.88 Å². The monoisotopic (exact) mass is 302 g/mol. The van der Waals surface area contributed by atoms with Gasteiger partial charge in [0.15, 0.2) is 5.13 Å². The van der Waals surface area contributed by atoms with Crippen molar-refractivity contribution >= 4 is 22.4 Å². The molecule has 1 heterocycles. The summed E-state index contributed by atoms with van der Waals surface area (Å²) in [6.07, 6.45) is 1.54. The summed E-state index contributed by atoms with van der Waals surface area (Å²) in [5, 5.41) is 0.782. The van der Waals surface area contributed by atoms with E-state index in [-0.39, 0.29) is 5.97 Å². The molecule has 114 valence electrons. The van der Waals surface area contributed by atoms with E-state index < -0.39 is 0 Å². The zero-order valence-electron chi connectivity index (χ0n) is 12.3. The molecule has 1 aromatic rings. The molecule has 0 saturated carbocycles. The van der Waals surface area contributed by atoms with Crippen LogP contribution >= 0.6 is 11.3 Å². The van der Waals surface area contributed by atoms with Crippen LogP contribution in [0.1, 0.15) is 23.5 Å². The minimum atomic E-state index is -0.358. The van der Waals surface area contributed by atoms with Gasteiger partial charge in [-0.05, 0) is 13.8 Å². The van der Waals surface area contributed by atoms with Crippen molar-refractivity contribution in [2.24, 2.45) is 0 Å². The van der Waals surface area contributed by atoms with Crippen LogP contribution in [-0.4, -0.2) is 57.6 Å². The van der Waals surface area contributed by atoms with Gasteiger partial charge in [0.05, 0.1) is 26.5 Å². The van der Waals surface area contributed by atoms with Crippen molar-refractivity contribution in [1.82, 2.24) is 4.98 Å². The maximum atomic E-state index is 11.5. The van der Waals surface area contributed by atoms with Gasteiger partial charge >= 0.3 is 5.97 Å². The van der Waals surface area contributed by atoms with E-state index in [1.165, 1.54) is 18.4 Å². The van der Waals surface area contributed by atoms with E-state index in [0.29, 0.717) is 31.3 Å². The van der Waals surface area contributed by atoms with E-state index in [0.717, 1.165) is 18.2 Å². The SMILES string of the molecule is CCOCCN(CCOCC)c1ncc(C(=O)OC)s1. The number of carbonyl (C=O) groups is 1. The highest BCUT2D eigenvalue weighted by atomic mass is 32.1. The van der Waals surface area contributed by atoms with Crippen LogP contribution in [0.4, 0.5) is 5.13 Å². The Balaban J connectivity index is 2.64. The van der Waals surface area contributed by atoms with Crippen LogP contribution in [0, 0.1) is 0 Å². The maximum Gasteiger partial charge on any atom is 0.349 e. The molecular formula is C13H22N2O4S. The van der Waals surface area contributed by atoms with Gasteiger partial charge < -0.3 is 19.1 Å². The van der Waals surface area contributed by atoms with Crippen LogP contribution in [0.2, 0.25) is 0 Å². The number of hydrogen-bond donors (Lipinski definition) is 0. The Bertz CT molecular complexity index is 387. The number of rotatable bonds is 10. The third-order valence-electron chi connectivity index (χ3n) is 2.57. The predicted molar refractivity (Wildman–Crippen MR) is 78.7 cm³/mol. The zero-order valence-corrected chi connectivity index (χ0v) is 13.1. The van der Waals surface area contributed by atoms with Crippen molar-refractivity contribution in [2.75, 3.05) is 51.5 Å². The van der Waals surface area contributed by atoms with E-state index >= 15 is 0 Å². The fraction of sp³-hybridized carbons (Fsp3) is 0.692. The van der Waals surface area contributed by atoms with Crippen molar-refractivity contribution in [3.63, 3.8) is 0 Å². The topological polar surface area (TPSA) is 60.9 Å². The van der Waals surface area contributed by atoms with Crippen molar-refractivity contribution in [3.8, 4) is 0 Å². The van der Waals surface area contributed by atoms with Gasteiger partial charge in [0, 0.05) is 26.3 Å². The first-order valence-corrected chi connectivity index (χ1v) is 7.49. The van der Waals surface area contributed by atoms with Crippen molar-refractivity contribution in [3.05, 3.63) is 11.1 Å². The average molecular weight is 302 g/mol. The number of methoxy groups -OCH3 is 1. The zero-order chi connectivity index (χ0) is 14.8. The molecule has 0 unspecified atom stereocenters. The smallest absolute Gasteiger partial charge is 0.349 e. The molecule has 1 rings (SSSR count). The van der Waals surface area contributed by atoms with Crippen LogP contribution in [0.3, 0.4) is 0 Å². The number of ether oxygens (including phenoxy) is 3. The molecule has 20 heavy (non-hydrogen) atoms. The Labute approximate surface area is 123 Å². The number of hydrogen-bond acceptors (Lipinski definition) is 7. The first-order chi connectivity index (χ1) is 9.72. The summed E-state index contributed by atoms with van der Waals surface area (Å²) >= 11 is 1.32. The third kappa shape index (κ3) is 5.44. The van der Waals surface area contributed by atoms with Crippen molar-refractivity contribution in [1.29, 1.82) is 0 Å². The predicted octanol–water partition coefficient (Wildman–Crippen LogP) is 1.81. The van der Waals surface area contributed by atoms with Crippen LogP contribution in [0.25, 0.3) is 0 Å². The van der Waals surface area contributed by atoms with Gasteiger partial charge in [-0.25, -0.2) is 9.78 Å². The quantitative estimate of drug-likeness (QED) is 0.485. The summed E-state index contributed by atoms with van der Waals surface area (Å²) in [6.45, 7) is 7.97. The van der Waals surface area contributed by atoms with Crippen LogP contribution in [-0.2, 0) is 14.2 Å². The van der Waals surface area contributed by atoms with Crippen molar-refractivity contribution < 1.29 is 19.0 Å². The highest BCUT2D eigenvalue weighted by Gasteiger charge is 2.15. The lowest BCUT2D eigenvalue weighted by molar-refractivity contribution is 0.0606. The molecule has 0 spiro atoms. The molecule has 7 heteroatoms. The minimum Gasteiger partial charge on any atom is -0.465 e. The first kappa shape index (κ1) is 16.9. The fourth-order valence-electron chi connectivity index (χ4n) is 1.55. The van der Waals surface area contributed by atoms with Gasteiger partial charge in [0.2, 0.25) is 0 Å². The van der Waals surface area contributed by atoms with Gasteiger partial charge in [-0.3, -0.25) is 0 Å². The molecular weight excluding hydrogens is 280 g/mol. The van der Waals surface area contributed by atoms with Crippen LogP contribution < -0.4 is 4.90 Å². The Kier molecular flexibility index (Phi) is 8.17. The van der Waals surface area contributed by atoms with Gasteiger partial charge in [-0.1, -0.05) is 11.3 Å². The number of anilines is 1. The third-order valence-corrected chi connectivity index (χ3v) is 3.61. The van der Waals surface area contributed by atoms with E-state index in [9.17, 15) is 4.79 Å². The van der Waals surface area contributed by atoms with Crippen LogP contribution in [0.5, 0.6) is 0 Å². The molecule has 0 fully saturated rings. The largest absolute Gasteiger partial charge is 0.465 e. The normalized spacial score (nSPS) is 10.6. The summed E-state index contributed by atoms with van der Waals surface area (Å²) < 4.78 is 15.4. The summed E-state index contributed by atoms with van der Waals surface area (Å²) in [5.41, 5.74) is 0. The number of carbonyl (C=O) groups excluding carboxylic acids is 1. The molecule has 0 atom stereocenters. The molecule has 0 aromatic carbocycles. The van der Waals surface area contributed by atoms with Gasteiger partial charge in [0.25, 0.3) is 0 Å². The maximum absolute atomic E-state index is 11.5. The van der Waals surface area contributed by atoms with Gasteiger partial charge in [-0.2, -0.15) is 0 Å². The first-order valence-electron chi connectivity index (χ1n) is 6.67. The highest BCUT2D eigenvalue weighted by molar-refractivity contribution is 7.17. The minimum absolute atomic E-state index is 0.358. The lowest BCUT2D eigenvalue weighted by Gasteiger charge is -2.21. The van der Waals surface area contributed by atoms with E-state index in [1.54, 1.807) is 6.20 Å². The molecule has 0 bridgehead atoms. The standard InChI is InChI=1S/C13H22N2O4S/c1-4-18-8-6-15(7-9-19-5-2)13-14-10-11(20-13)12(16)17-3/h10H,4-9H2,1-3H3. The Morgan fingerprint density at radius 1 is 1.25 bits per heavy atom. The Hall–Kier alpha value is -1.18.